The Hall–Kier alpha value is -3.59. The van der Waals surface area contributed by atoms with Crippen molar-refractivity contribution in [3.63, 3.8) is 0 Å². The number of phosphoric ester groups is 1. The maximum absolute atomic E-state index is 12.8. The lowest BCUT2D eigenvalue weighted by atomic mass is 10.0. The lowest BCUT2D eigenvalue weighted by molar-refractivity contribution is -0.870. The van der Waals surface area contributed by atoms with Gasteiger partial charge in [0.25, 0.3) is 0 Å². The molecule has 2 unspecified atom stereocenters. The molecule has 9 nitrogen and oxygen atoms in total. The predicted octanol–water partition coefficient (Wildman–Crippen LogP) is 19.1. The second-order valence-electron chi connectivity index (χ2n) is 21.0. The molecule has 0 amide bonds. The average Bonchev–Trinajstić information content (AvgIpc) is 3.38. The second kappa shape index (κ2) is 56.1. The molecule has 0 aliphatic rings. The van der Waals surface area contributed by atoms with Crippen molar-refractivity contribution < 1.29 is 42.1 Å². The van der Waals surface area contributed by atoms with Crippen LogP contribution in [0.2, 0.25) is 0 Å². The largest absolute Gasteiger partial charge is 0.472 e. The van der Waals surface area contributed by atoms with Gasteiger partial charge in [0.1, 0.15) is 19.8 Å². The molecule has 0 spiro atoms. The molecule has 0 aromatic heterocycles. The fraction of sp³-hybridized carbons (Fsp3) is 0.667. The normalized spacial score (nSPS) is 14.1. The van der Waals surface area contributed by atoms with Gasteiger partial charge in [-0.1, -0.05) is 238 Å². The van der Waals surface area contributed by atoms with Crippen LogP contribution in [0.3, 0.4) is 0 Å². The number of esters is 2. The lowest BCUT2D eigenvalue weighted by Crippen LogP contribution is -2.37. The van der Waals surface area contributed by atoms with Crippen LogP contribution in [0.15, 0.2) is 122 Å². The van der Waals surface area contributed by atoms with Gasteiger partial charge in [-0.3, -0.25) is 18.6 Å². The Balaban J connectivity index is 4.19. The van der Waals surface area contributed by atoms with Crippen LogP contribution in [0.5, 0.6) is 0 Å². The van der Waals surface area contributed by atoms with E-state index in [1.807, 2.05) is 21.1 Å². The molecule has 2 atom stereocenters. The van der Waals surface area contributed by atoms with Crippen LogP contribution >= 0.6 is 7.82 Å². The molecular weight excluding hydrogens is 966 g/mol. The summed E-state index contributed by atoms with van der Waals surface area (Å²) in [6.07, 6.45) is 79.8. The summed E-state index contributed by atoms with van der Waals surface area (Å²) >= 11 is 0. The quantitative estimate of drug-likeness (QED) is 0.0211. The van der Waals surface area contributed by atoms with Gasteiger partial charge in [-0.25, -0.2) is 4.57 Å². The first-order chi connectivity index (χ1) is 37.0. The van der Waals surface area contributed by atoms with Crippen LogP contribution in [0.4, 0.5) is 0 Å². The number of phosphoric acid groups is 1. The summed E-state index contributed by atoms with van der Waals surface area (Å²) in [6.45, 7) is 4.19. The van der Waals surface area contributed by atoms with Gasteiger partial charge in [-0.05, 0) is 103 Å². The van der Waals surface area contributed by atoms with E-state index in [1.54, 1.807) is 0 Å². The van der Waals surface area contributed by atoms with Crippen molar-refractivity contribution in [3.05, 3.63) is 122 Å². The molecule has 0 radical (unpaired) electrons. The maximum Gasteiger partial charge on any atom is 0.472 e. The molecule has 0 saturated heterocycles. The molecule has 10 heteroatoms. The van der Waals surface area contributed by atoms with Crippen LogP contribution in [-0.4, -0.2) is 74.9 Å². The van der Waals surface area contributed by atoms with E-state index in [2.05, 4.69) is 135 Å². The molecule has 0 heterocycles. The molecule has 0 rings (SSSR count). The summed E-state index contributed by atoms with van der Waals surface area (Å²) in [6, 6.07) is 0. The Morgan fingerprint density at radius 1 is 0.408 bits per heavy atom. The highest BCUT2D eigenvalue weighted by Gasteiger charge is 2.27. The Morgan fingerprint density at radius 2 is 0.711 bits per heavy atom. The molecule has 0 bridgehead atoms. The molecule has 434 valence electrons. The van der Waals surface area contributed by atoms with E-state index in [9.17, 15) is 19.0 Å². The summed E-state index contributed by atoms with van der Waals surface area (Å²) in [5.41, 5.74) is 0. The zero-order valence-electron chi connectivity index (χ0n) is 49.2. The van der Waals surface area contributed by atoms with E-state index in [1.165, 1.54) is 77.0 Å². The molecule has 0 saturated carbocycles. The fourth-order valence-corrected chi connectivity index (χ4v) is 8.63. The van der Waals surface area contributed by atoms with Crippen molar-refractivity contribution in [2.75, 3.05) is 47.5 Å². The van der Waals surface area contributed by atoms with E-state index in [0.717, 1.165) is 122 Å². The molecule has 1 N–H and O–H groups in total. The molecule has 0 aromatic rings. The van der Waals surface area contributed by atoms with Crippen LogP contribution in [0.1, 0.15) is 232 Å². The van der Waals surface area contributed by atoms with Gasteiger partial charge in [0.2, 0.25) is 0 Å². The zero-order chi connectivity index (χ0) is 55.6. The van der Waals surface area contributed by atoms with E-state index >= 15 is 0 Å². The van der Waals surface area contributed by atoms with E-state index in [0.29, 0.717) is 17.4 Å². The van der Waals surface area contributed by atoms with Gasteiger partial charge < -0.3 is 18.9 Å². The highest BCUT2D eigenvalue weighted by molar-refractivity contribution is 7.47. The number of carbonyl (C=O) groups is 2. The Morgan fingerprint density at radius 3 is 1.05 bits per heavy atom. The number of rotatable bonds is 54. The van der Waals surface area contributed by atoms with Gasteiger partial charge in [0, 0.05) is 12.8 Å². The van der Waals surface area contributed by atoms with Crippen LogP contribution in [-0.2, 0) is 32.7 Å². The molecular formula is C66H113NO8P+. The van der Waals surface area contributed by atoms with Crippen molar-refractivity contribution in [1.29, 1.82) is 0 Å². The Labute approximate surface area is 467 Å². The zero-order valence-corrected chi connectivity index (χ0v) is 50.1. The molecule has 0 aromatic carbocycles. The predicted molar refractivity (Wildman–Crippen MR) is 325 cm³/mol. The minimum Gasteiger partial charge on any atom is -0.462 e. The number of hydrogen-bond donors (Lipinski definition) is 1. The monoisotopic (exact) mass is 1080 g/mol. The van der Waals surface area contributed by atoms with E-state index < -0.39 is 26.5 Å². The summed E-state index contributed by atoms with van der Waals surface area (Å²) < 4.78 is 34.6. The van der Waals surface area contributed by atoms with Gasteiger partial charge in [-0.2, -0.15) is 0 Å². The van der Waals surface area contributed by atoms with Crippen molar-refractivity contribution in [2.24, 2.45) is 0 Å². The number of unbranched alkanes of at least 4 members (excludes halogenated alkanes) is 20. The Kier molecular flexibility index (Phi) is 53.5. The summed E-state index contributed by atoms with van der Waals surface area (Å²) in [5, 5.41) is 0. The second-order valence-corrected chi connectivity index (χ2v) is 22.4. The Bertz CT molecular complexity index is 1700. The number of quaternary nitrogens is 1. The average molecular weight is 1080 g/mol. The van der Waals surface area contributed by atoms with Gasteiger partial charge in [-0.15, -0.1) is 0 Å². The standard InChI is InChI=1S/C66H112NO8P/c1-6-8-10-12-14-16-18-20-22-24-26-28-30-32-33-35-36-38-40-42-44-46-48-50-52-54-56-58-65(68)72-62-64(63-74-76(70,71)73-61-60-67(3,4)5)75-66(69)59-57-55-53-51-49-47-45-43-41-39-37-34-31-29-27-25-23-21-19-17-15-13-11-9-7-2/h8-11,14-17,20-23,26-29,34,37,41,43,64H,6-7,12-13,18-19,24-25,30-33,35-36,38-40,42,44-63H2,1-5H3/p+1/b10-8-,11-9-,16-14-,17-15-,22-20-,23-21-,28-26-,29-27-,37-34-,43-41-. The van der Waals surface area contributed by atoms with Crippen LogP contribution in [0, 0.1) is 0 Å². The summed E-state index contributed by atoms with van der Waals surface area (Å²) in [5.74, 6) is -0.820. The van der Waals surface area contributed by atoms with Gasteiger partial charge in [0.05, 0.1) is 27.7 Å². The van der Waals surface area contributed by atoms with Crippen LogP contribution in [0.25, 0.3) is 0 Å². The van der Waals surface area contributed by atoms with E-state index in [-0.39, 0.29) is 32.0 Å². The number of hydrogen-bond acceptors (Lipinski definition) is 7. The smallest absolute Gasteiger partial charge is 0.462 e. The summed E-state index contributed by atoms with van der Waals surface area (Å²) in [4.78, 5) is 35.8. The minimum atomic E-state index is -4.40. The third-order valence-corrected chi connectivity index (χ3v) is 13.5. The first kappa shape index (κ1) is 72.4. The SMILES string of the molecule is CC/C=C\C/C=C\C/C=C\C/C=C\C/C=C\C/C=C\CCCCCCCCC(=O)OC(COC(=O)CCCCCCCCCCCCCCCC/C=C\C/C=C\C/C=C\C/C=C\CC)COP(=O)(O)OCC[N+](C)(C)C. The molecule has 0 fully saturated rings. The number of carbonyl (C=O) groups excluding carboxylic acids is 2. The number of nitrogens with zero attached hydrogens (tertiary/aromatic N) is 1. The van der Waals surface area contributed by atoms with Crippen molar-refractivity contribution in [2.45, 2.75) is 238 Å². The molecule has 0 aliphatic carbocycles. The van der Waals surface area contributed by atoms with Gasteiger partial charge >= 0.3 is 19.8 Å². The first-order valence-electron chi connectivity index (χ1n) is 30.3. The third-order valence-electron chi connectivity index (χ3n) is 12.5. The van der Waals surface area contributed by atoms with Crippen molar-refractivity contribution >= 4 is 19.8 Å². The first-order valence-corrected chi connectivity index (χ1v) is 31.8. The lowest BCUT2D eigenvalue weighted by Gasteiger charge is -2.24. The van der Waals surface area contributed by atoms with Crippen molar-refractivity contribution in [3.8, 4) is 0 Å². The fourth-order valence-electron chi connectivity index (χ4n) is 7.89. The number of ether oxygens (including phenoxy) is 2. The highest BCUT2D eigenvalue weighted by Crippen LogP contribution is 2.43. The van der Waals surface area contributed by atoms with Crippen molar-refractivity contribution in [1.82, 2.24) is 0 Å². The van der Waals surface area contributed by atoms with Crippen LogP contribution < -0.4 is 0 Å². The summed E-state index contributed by atoms with van der Waals surface area (Å²) in [7, 11) is 1.45. The molecule has 0 aliphatic heterocycles. The molecule has 76 heavy (non-hydrogen) atoms. The number of likely N-dealkylation sites (N-methyl/N-ethyl adjacent to an activating group) is 1. The topological polar surface area (TPSA) is 108 Å². The maximum atomic E-state index is 12.8. The highest BCUT2D eigenvalue weighted by atomic mass is 31.2. The van der Waals surface area contributed by atoms with E-state index in [4.69, 9.17) is 18.5 Å². The number of allylic oxidation sites excluding steroid dienone is 20. The third kappa shape index (κ3) is 59.7. The minimum absolute atomic E-state index is 0.0223. The van der Waals surface area contributed by atoms with Gasteiger partial charge in [0.15, 0.2) is 6.10 Å².